The van der Waals surface area contributed by atoms with Crippen LogP contribution in [-0.4, -0.2) is 17.4 Å². The zero-order valence-corrected chi connectivity index (χ0v) is 16.2. The minimum absolute atomic E-state index is 0.311. The van der Waals surface area contributed by atoms with Crippen LogP contribution >= 0.6 is 12.6 Å². The van der Waals surface area contributed by atoms with Gasteiger partial charge >= 0.3 is 0 Å². The highest BCUT2D eigenvalue weighted by Crippen LogP contribution is 2.13. The van der Waals surface area contributed by atoms with Gasteiger partial charge in [-0.25, -0.2) is 0 Å². The molecule has 0 aromatic carbocycles. The fourth-order valence-corrected chi connectivity index (χ4v) is 3.25. The Hall–Kier alpha value is -0.830. The summed E-state index contributed by atoms with van der Waals surface area (Å²) in [6, 6.07) is 0. The molecule has 0 aliphatic heterocycles. The van der Waals surface area contributed by atoms with Gasteiger partial charge in [-0.15, -0.1) is 0 Å². The summed E-state index contributed by atoms with van der Waals surface area (Å²) in [5.41, 5.74) is 0.886. The second-order valence-corrected chi connectivity index (χ2v) is 7.22. The van der Waals surface area contributed by atoms with Gasteiger partial charge in [-0.2, -0.15) is 12.6 Å². The van der Waals surface area contributed by atoms with Gasteiger partial charge in [0, 0.05) is 12.1 Å². The third kappa shape index (κ3) is 11.7. The molecule has 0 unspecified atom stereocenters. The Morgan fingerprint density at radius 1 is 0.708 bits per heavy atom. The van der Waals surface area contributed by atoms with Crippen molar-refractivity contribution in [3.63, 3.8) is 0 Å². The highest BCUT2D eigenvalue weighted by molar-refractivity contribution is 7.80. The Kier molecular flexibility index (Phi) is 13.9. The molecule has 24 heavy (non-hydrogen) atoms. The Morgan fingerprint density at radius 3 is 1.58 bits per heavy atom. The first kappa shape index (κ1) is 21.2. The van der Waals surface area contributed by atoms with Crippen molar-refractivity contribution >= 4 is 12.6 Å². The average Bonchev–Trinajstić information content (AvgIpc) is 3.13. The topological polar surface area (TPSA) is 32.3 Å². The van der Waals surface area contributed by atoms with Crippen LogP contribution in [0.4, 0.5) is 0 Å². The predicted octanol–water partition coefficient (Wildman–Crippen LogP) is 6.47. The van der Waals surface area contributed by atoms with Gasteiger partial charge in [0.25, 0.3) is 0 Å². The molecule has 0 aromatic heterocycles. The highest BCUT2D eigenvalue weighted by Gasteiger charge is 2.01. The van der Waals surface area contributed by atoms with Crippen LogP contribution in [-0.2, 0) is 0 Å². The van der Waals surface area contributed by atoms with Crippen molar-refractivity contribution in [2.75, 3.05) is 12.3 Å². The van der Waals surface area contributed by atoms with Crippen molar-refractivity contribution in [2.45, 2.75) is 83.5 Å². The van der Waals surface area contributed by atoms with Gasteiger partial charge in [0.1, 0.15) is 0 Å². The van der Waals surface area contributed by atoms with E-state index in [4.69, 9.17) is 0 Å². The summed E-state index contributed by atoms with van der Waals surface area (Å²) in [7, 11) is 0. The molecular formula is C21H37NOS. The second-order valence-electron chi connectivity index (χ2n) is 6.77. The SMILES string of the molecule is OC(NCCCCCCCCCCCCCCCS)=C1C=CC=C1. The maximum absolute atomic E-state index is 9.82. The molecule has 1 aliphatic rings. The molecule has 0 amide bonds. The molecule has 0 radical (unpaired) electrons. The lowest BCUT2D eigenvalue weighted by Crippen LogP contribution is -2.15. The van der Waals surface area contributed by atoms with Gasteiger partial charge in [-0.3, -0.25) is 0 Å². The summed E-state index contributed by atoms with van der Waals surface area (Å²) in [6.45, 7) is 0.865. The first-order chi connectivity index (χ1) is 11.8. The van der Waals surface area contributed by atoms with Gasteiger partial charge in [0.15, 0.2) is 5.88 Å². The number of hydrogen-bond acceptors (Lipinski definition) is 3. The van der Waals surface area contributed by atoms with Crippen LogP contribution in [0.2, 0.25) is 0 Å². The smallest absolute Gasteiger partial charge is 0.191 e. The summed E-state index contributed by atoms with van der Waals surface area (Å²) in [5, 5.41) is 12.9. The number of hydrogen-bond donors (Lipinski definition) is 3. The van der Waals surface area contributed by atoms with Crippen LogP contribution in [0.1, 0.15) is 83.5 Å². The molecule has 1 aliphatic carbocycles. The standard InChI is InChI=1S/C21H37NOS/c23-21(20-16-12-13-17-20)22-18-14-10-8-6-4-2-1-3-5-7-9-11-15-19-24/h12-13,16-17,22-24H,1-11,14-15,18-19H2. The molecule has 0 heterocycles. The molecule has 0 spiro atoms. The van der Waals surface area contributed by atoms with Gasteiger partial charge in [-0.05, 0) is 30.7 Å². The monoisotopic (exact) mass is 351 g/mol. The van der Waals surface area contributed by atoms with Crippen LogP contribution in [0.15, 0.2) is 35.8 Å². The molecule has 2 N–H and O–H groups in total. The van der Waals surface area contributed by atoms with E-state index in [0.717, 1.165) is 24.3 Å². The molecule has 0 saturated carbocycles. The molecule has 0 saturated heterocycles. The van der Waals surface area contributed by atoms with Crippen LogP contribution in [0.3, 0.4) is 0 Å². The Bertz CT molecular complexity index is 373. The Morgan fingerprint density at radius 2 is 1.12 bits per heavy atom. The van der Waals surface area contributed by atoms with Crippen LogP contribution in [0.25, 0.3) is 0 Å². The van der Waals surface area contributed by atoms with E-state index in [1.54, 1.807) is 0 Å². The molecule has 2 nitrogen and oxygen atoms in total. The lowest BCUT2D eigenvalue weighted by Gasteiger charge is -2.07. The molecule has 0 atom stereocenters. The number of thiol groups is 1. The number of allylic oxidation sites excluding steroid dienone is 5. The van der Waals surface area contributed by atoms with Crippen molar-refractivity contribution in [1.29, 1.82) is 0 Å². The third-order valence-electron chi connectivity index (χ3n) is 4.56. The van der Waals surface area contributed by atoms with E-state index in [-0.39, 0.29) is 0 Å². The lowest BCUT2D eigenvalue weighted by molar-refractivity contribution is 0.358. The number of aliphatic hydroxyl groups is 1. The molecule has 138 valence electrons. The van der Waals surface area contributed by atoms with Gasteiger partial charge < -0.3 is 10.4 Å². The molecule has 0 fully saturated rings. The summed E-state index contributed by atoms with van der Waals surface area (Å²) in [4.78, 5) is 0. The predicted molar refractivity (Wildman–Crippen MR) is 110 cm³/mol. The summed E-state index contributed by atoms with van der Waals surface area (Å²) in [6.07, 6.45) is 25.3. The fourth-order valence-electron chi connectivity index (χ4n) is 3.02. The second kappa shape index (κ2) is 15.7. The maximum Gasteiger partial charge on any atom is 0.191 e. The van der Waals surface area contributed by atoms with Crippen molar-refractivity contribution in [3.05, 3.63) is 35.8 Å². The number of nitrogens with one attached hydrogen (secondary N) is 1. The lowest BCUT2D eigenvalue weighted by atomic mass is 10.0. The van der Waals surface area contributed by atoms with Gasteiger partial charge in [0.2, 0.25) is 0 Å². The average molecular weight is 352 g/mol. The molecule has 0 bridgehead atoms. The third-order valence-corrected chi connectivity index (χ3v) is 4.88. The first-order valence-electron chi connectivity index (χ1n) is 9.97. The van der Waals surface area contributed by atoms with Gasteiger partial charge in [0.05, 0.1) is 0 Å². The van der Waals surface area contributed by atoms with E-state index in [9.17, 15) is 5.11 Å². The van der Waals surface area contributed by atoms with Crippen molar-refractivity contribution in [1.82, 2.24) is 5.32 Å². The highest BCUT2D eigenvalue weighted by atomic mass is 32.1. The van der Waals surface area contributed by atoms with E-state index >= 15 is 0 Å². The van der Waals surface area contributed by atoms with Crippen molar-refractivity contribution in [3.8, 4) is 0 Å². The normalized spacial score (nSPS) is 13.0. The molecule has 0 aromatic rings. The van der Waals surface area contributed by atoms with Crippen LogP contribution < -0.4 is 5.32 Å². The fraction of sp³-hybridized carbons (Fsp3) is 0.714. The maximum atomic E-state index is 9.82. The Labute approximate surface area is 154 Å². The number of unbranched alkanes of at least 4 members (excludes halogenated alkanes) is 12. The summed E-state index contributed by atoms with van der Waals surface area (Å²) in [5.74, 6) is 1.36. The molecule has 1 rings (SSSR count). The van der Waals surface area contributed by atoms with E-state index in [1.807, 2.05) is 24.3 Å². The van der Waals surface area contributed by atoms with E-state index in [0.29, 0.717) is 5.88 Å². The molecule has 3 heteroatoms. The minimum atomic E-state index is 0.311. The number of aliphatic hydroxyl groups excluding tert-OH is 1. The molecular weight excluding hydrogens is 314 g/mol. The quantitative estimate of drug-likeness (QED) is 0.169. The van der Waals surface area contributed by atoms with Crippen LogP contribution in [0, 0.1) is 0 Å². The van der Waals surface area contributed by atoms with Crippen LogP contribution in [0.5, 0.6) is 0 Å². The first-order valence-corrected chi connectivity index (χ1v) is 10.6. The Balaban J connectivity index is 1.76. The minimum Gasteiger partial charge on any atom is -0.494 e. The largest absolute Gasteiger partial charge is 0.494 e. The van der Waals surface area contributed by atoms with E-state index in [2.05, 4.69) is 17.9 Å². The van der Waals surface area contributed by atoms with Crippen molar-refractivity contribution < 1.29 is 5.11 Å². The van der Waals surface area contributed by atoms with Crippen molar-refractivity contribution in [2.24, 2.45) is 0 Å². The van der Waals surface area contributed by atoms with E-state index < -0.39 is 0 Å². The zero-order chi connectivity index (χ0) is 17.3. The van der Waals surface area contributed by atoms with E-state index in [1.165, 1.54) is 77.0 Å². The van der Waals surface area contributed by atoms with Gasteiger partial charge in [-0.1, -0.05) is 82.8 Å². The summed E-state index contributed by atoms with van der Waals surface area (Å²) >= 11 is 4.24. The number of rotatable bonds is 16. The zero-order valence-electron chi connectivity index (χ0n) is 15.3. The summed E-state index contributed by atoms with van der Waals surface area (Å²) < 4.78 is 0.